The van der Waals surface area contributed by atoms with E-state index in [0.29, 0.717) is 0 Å². The molecule has 1 rings (SSSR count). The third-order valence-electron chi connectivity index (χ3n) is 2.46. The standard InChI is InChI=1S/C9H19NOS/c1-10(3-4-12-2)7-8-5-9(11)6-8/h8-9,11H,3-7H2,1-2H3. The quantitative estimate of drug-likeness (QED) is 0.699. The summed E-state index contributed by atoms with van der Waals surface area (Å²) in [4.78, 5) is 2.37. The van der Waals surface area contributed by atoms with Gasteiger partial charge in [0.2, 0.25) is 0 Å². The van der Waals surface area contributed by atoms with Crippen molar-refractivity contribution in [2.45, 2.75) is 18.9 Å². The molecule has 1 aliphatic carbocycles. The van der Waals surface area contributed by atoms with Gasteiger partial charge in [0.15, 0.2) is 0 Å². The zero-order chi connectivity index (χ0) is 8.97. The fourth-order valence-electron chi connectivity index (χ4n) is 1.63. The zero-order valence-corrected chi connectivity index (χ0v) is 8.81. The third kappa shape index (κ3) is 3.33. The minimum Gasteiger partial charge on any atom is -0.393 e. The highest BCUT2D eigenvalue weighted by Crippen LogP contribution is 2.27. The van der Waals surface area contributed by atoms with Gasteiger partial charge in [0.1, 0.15) is 0 Å². The summed E-state index contributed by atoms with van der Waals surface area (Å²) in [6.45, 7) is 2.34. The maximum absolute atomic E-state index is 9.08. The molecule has 0 aromatic rings. The van der Waals surface area contributed by atoms with E-state index in [1.807, 2.05) is 11.8 Å². The molecule has 0 spiro atoms. The zero-order valence-electron chi connectivity index (χ0n) is 7.99. The van der Waals surface area contributed by atoms with Crippen LogP contribution in [0.1, 0.15) is 12.8 Å². The van der Waals surface area contributed by atoms with Crippen LogP contribution in [0.15, 0.2) is 0 Å². The molecule has 1 aliphatic rings. The van der Waals surface area contributed by atoms with E-state index < -0.39 is 0 Å². The summed E-state index contributed by atoms with van der Waals surface area (Å²) in [7, 11) is 2.17. The molecule has 0 aliphatic heterocycles. The minimum atomic E-state index is 0.00366. The predicted octanol–water partition coefficient (Wildman–Crippen LogP) is 1.05. The van der Waals surface area contributed by atoms with E-state index in [0.717, 1.165) is 25.3 Å². The van der Waals surface area contributed by atoms with Crippen LogP contribution in [-0.2, 0) is 0 Å². The molecular weight excluding hydrogens is 170 g/mol. The summed E-state index contributed by atoms with van der Waals surface area (Å²) in [6.07, 6.45) is 4.18. The molecule has 0 unspecified atom stereocenters. The Morgan fingerprint density at radius 1 is 1.50 bits per heavy atom. The van der Waals surface area contributed by atoms with Crippen molar-refractivity contribution in [1.29, 1.82) is 0 Å². The van der Waals surface area contributed by atoms with E-state index in [-0.39, 0.29) is 6.10 Å². The number of nitrogens with zero attached hydrogens (tertiary/aromatic N) is 1. The lowest BCUT2D eigenvalue weighted by Crippen LogP contribution is -2.37. The Morgan fingerprint density at radius 2 is 2.17 bits per heavy atom. The minimum absolute atomic E-state index is 0.00366. The normalized spacial score (nSPS) is 29.0. The van der Waals surface area contributed by atoms with Crippen molar-refractivity contribution in [3.63, 3.8) is 0 Å². The molecule has 0 aromatic carbocycles. The molecule has 0 aromatic heterocycles. The molecule has 1 fully saturated rings. The number of rotatable bonds is 5. The molecule has 12 heavy (non-hydrogen) atoms. The second kappa shape index (κ2) is 5.10. The molecule has 0 bridgehead atoms. The Hall–Kier alpha value is 0.270. The first kappa shape index (κ1) is 10.4. The first-order chi connectivity index (χ1) is 5.72. The maximum Gasteiger partial charge on any atom is 0.0546 e. The van der Waals surface area contributed by atoms with Gasteiger partial charge in [0.05, 0.1) is 6.10 Å². The monoisotopic (exact) mass is 189 g/mol. The van der Waals surface area contributed by atoms with Gasteiger partial charge in [0.25, 0.3) is 0 Å². The van der Waals surface area contributed by atoms with Crippen LogP contribution in [0.5, 0.6) is 0 Å². The highest BCUT2D eigenvalue weighted by atomic mass is 32.2. The van der Waals surface area contributed by atoms with E-state index in [2.05, 4.69) is 18.2 Å². The molecule has 1 N–H and O–H groups in total. The van der Waals surface area contributed by atoms with Crippen LogP contribution in [-0.4, -0.2) is 48.3 Å². The summed E-state index contributed by atoms with van der Waals surface area (Å²) < 4.78 is 0. The number of hydrogen-bond donors (Lipinski definition) is 1. The summed E-state index contributed by atoms with van der Waals surface area (Å²) in [6, 6.07) is 0. The van der Waals surface area contributed by atoms with Crippen LogP contribution < -0.4 is 0 Å². The third-order valence-corrected chi connectivity index (χ3v) is 3.05. The largest absolute Gasteiger partial charge is 0.393 e. The van der Waals surface area contributed by atoms with Crippen molar-refractivity contribution in [3.8, 4) is 0 Å². The second-order valence-electron chi connectivity index (χ2n) is 3.75. The number of aliphatic hydroxyl groups is 1. The van der Waals surface area contributed by atoms with Gasteiger partial charge in [-0.1, -0.05) is 0 Å². The molecule has 3 heteroatoms. The van der Waals surface area contributed by atoms with E-state index in [9.17, 15) is 0 Å². The summed E-state index contributed by atoms with van der Waals surface area (Å²) in [5, 5.41) is 9.08. The first-order valence-electron chi connectivity index (χ1n) is 4.58. The van der Waals surface area contributed by atoms with Crippen molar-refractivity contribution in [2.24, 2.45) is 5.92 Å². The van der Waals surface area contributed by atoms with Crippen molar-refractivity contribution < 1.29 is 5.11 Å². The van der Waals surface area contributed by atoms with Crippen LogP contribution in [0.4, 0.5) is 0 Å². The Bertz CT molecular complexity index is 126. The summed E-state index contributed by atoms with van der Waals surface area (Å²) in [5.41, 5.74) is 0. The molecule has 2 nitrogen and oxygen atoms in total. The van der Waals surface area contributed by atoms with Crippen LogP contribution >= 0.6 is 11.8 Å². The van der Waals surface area contributed by atoms with Crippen LogP contribution in [0.25, 0.3) is 0 Å². The summed E-state index contributed by atoms with van der Waals surface area (Å²) >= 11 is 1.89. The van der Waals surface area contributed by atoms with Gasteiger partial charge in [0, 0.05) is 18.8 Å². The SMILES string of the molecule is CSCCN(C)CC1CC(O)C1. The molecule has 0 radical (unpaired) electrons. The first-order valence-corrected chi connectivity index (χ1v) is 5.97. The summed E-state index contributed by atoms with van der Waals surface area (Å²) in [5.74, 6) is 1.97. The van der Waals surface area contributed by atoms with Gasteiger partial charge in [-0.05, 0) is 32.1 Å². The van der Waals surface area contributed by atoms with Crippen LogP contribution in [0.3, 0.4) is 0 Å². The fraction of sp³-hybridized carbons (Fsp3) is 1.00. The van der Waals surface area contributed by atoms with E-state index in [1.165, 1.54) is 12.3 Å². The number of hydrogen-bond acceptors (Lipinski definition) is 3. The lowest BCUT2D eigenvalue weighted by molar-refractivity contribution is 0.0292. The Morgan fingerprint density at radius 3 is 2.67 bits per heavy atom. The van der Waals surface area contributed by atoms with Crippen molar-refractivity contribution in [2.75, 3.05) is 32.1 Å². The molecular formula is C9H19NOS. The van der Waals surface area contributed by atoms with E-state index in [1.54, 1.807) is 0 Å². The van der Waals surface area contributed by atoms with Gasteiger partial charge >= 0.3 is 0 Å². The Balaban J connectivity index is 1.98. The number of aliphatic hydroxyl groups excluding tert-OH is 1. The van der Waals surface area contributed by atoms with Crippen LogP contribution in [0.2, 0.25) is 0 Å². The van der Waals surface area contributed by atoms with Gasteiger partial charge < -0.3 is 10.0 Å². The highest BCUT2D eigenvalue weighted by molar-refractivity contribution is 7.98. The van der Waals surface area contributed by atoms with Gasteiger partial charge in [-0.15, -0.1) is 0 Å². The van der Waals surface area contributed by atoms with Gasteiger partial charge in [-0.2, -0.15) is 11.8 Å². The average molecular weight is 189 g/mol. The lowest BCUT2D eigenvalue weighted by atomic mass is 9.82. The number of thioether (sulfide) groups is 1. The molecule has 0 saturated heterocycles. The van der Waals surface area contributed by atoms with Gasteiger partial charge in [-0.3, -0.25) is 0 Å². The molecule has 0 heterocycles. The molecule has 0 amide bonds. The fourth-order valence-corrected chi connectivity index (χ4v) is 2.12. The van der Waals surface area contributed by atoms with Crippen molar-refractivity contribution >= 4 is 11.8 Å². The topological polar surface area (TPSA) is 23.5 Å². The van der Waals surface area contributed by atoms with Crippen LogP contribution in [0, 0.1) is 5.92 Å². The Kier molecular flexibility index (Phi) is 4.40. The highest BCUT2D eigenvalue weighted by Gasteiger charge is 2.27. The molecule has 0 atom stereocenters. The maximum atomic E-state index is 9.08. The lowest BCUT2D eigenvalue weighted by Gasteiger charge is -2.34. The molecule has 72 valence electrons. The molecule has 1 saturated carbocycles. The Labute approximate surface area is 79.3 Å². The van der Waals surface area contributed by atoms with Crippen molar-refractivity contribution in [1.82, 2.24) is 4.90 Å². The van der Waals surface area contributed by atoms with Gasteiger partial charge in [-0.25, -0.2) is 0 Å². The second-order valence-corrected chi connectivity index (χ2v) is 4.73. The van der Waals surface area contributed by atoms with E-state index in [4.69, 9.17) is 5.11 Å². The average Bonchev–Trinajstić information content (AvgIpc) is 1.98. The van der Waals surface area contributed by atoms with Crippen molar-refractivity contribution in [3.05, 3.63) is 0 Å². The smallest absolute Gasteiger partial charge is 0.0546 e. The predicted molar refractivity (Wildman–Crippen MR) is 54.6 cm³/mol. The van der Waals surface area contributed by atoms with E-state index >= 15 is 0 Å².